The molecule has 1 amide bonds. The van der Waals surface area contributed by atoms with Crippen LogP contribution in [0.3, 0.4) is 0 Å². The zero-order chi connectivity index (χ0) is 25.8. The first-order valence-electron chi connectivity index (χ1n) is 13.4. The smallest absolute Gasteiger partial charge is 0.266 e. The van der Waals surface area contributed by atoms with Gasteiger partial charge in [-0.2, -0.15) is 8.42 Å². The summed E-state index contributed by atoms with van der Waals surface area (Å²) in [6, 6.07) is 8.13. The zero-order valence-corrected chi connectivity index (χ0v) is 22.5. The molecule has 0 saturated carbocycles. The number of nitrogens with one attached hydrogen (secondary N) is 1. The van der Waals surface area contributed by atoms with Gasteiger partial charge in [0.2, 0.25) is 5.91 Å². The van der Waals surface area contributed by atoms with Gasteiger partial charge in [-0.1, -0.05) is 95.9 Å². The molecule has 0 spiro atoms. The molecule has 1 atom stereocenters. The highest BCUT2D eigenvalue weighted by Gasteiger charge is 2.08. The van der Waals surface area contributed by atoms with Crippen LogP contribution in [0.4, 0.5) is 0 Å². The predicted octanol–water partition coefficient (Wildman–Crippen LogP) is 6.95. The van der Waals surface area contributed by atoms with E-state index < -0.39 is 15.9 Å². The molecular weight excluding hydrogens is 462 g/mol. The van der Waals surface area contributed by atoms with Crippen LogP contribution in [0.5, 0.6) is 5.75 Å². The molecule has 0 radical (unpaired) electrons. The molecule has 7 heteroatoms. The first kappa shape index (κ1) is 31.2. The Morgan fingerprint density at radius 1 is 0.943 bits per heavy atom. The summed E-state index contributed by atoms with van der Waals surface area (Å²) >= 11 is 0. The fraction of sp³-hybridized carbons (Fsp3) is 0.679. The maximum atomic E-state index is 11.6. The molecule has 6 nitrogen and oxygen atoms in total. The third kappa shape index (κ3) is 18.1. The zero-order valence-electron chi connectivity index (χ0n) is 21.7. The number of carbonyl (C=O) groups is 1. The minimum Gasteiger partial charge on any atom is -0.490 e. The summed E-state index contributed by atoms with van der Waals surface area (Å²) in [7, 11) is -4.01. The third-order valence-electron chi connectivity index (χ3n) is 6.24. The van der Waals surface area contributed by atoms with Gasteiger partial charge in [0, 0.05) is 13.0 Å². The van der Waals surface area contributed by atoms with Gasteiger partial charge in [-0.25, -0.2) is 0 Å². The Kier molecular flexibility index (Phi) is 17.2. The summed E-state index contributed by atoms with van der Waals surface area (Å²) < 4.78 is 35.9. The first-order valence-corrected chi connectivity index (χ1v) is 15.1. The van der Waals surface area contributed by atoms with Crippen LogP contribution < -0.4 is 10.1 Å². The van der Waals surface area contributed by atoms with Crippen LogP contribution in [-0.2, 0) is 14.9 Å². The van der Waals surface area contributed by atoms with Crippen LogP contribution in [0.2, 0.25) is 0 Å². The van der Waals surface area contributed by atoms with E-state index in [1.165, 1.54) is 57.8 Å². The van der Waals surface area contributed by atoms with Gasteiger partial charge in [-0.15, -0.1) is 0 Å². The van der Waals surface area contributed by atoms with Gasteiger partial charge >= 0.3 is 0 Å². The normalized spacial score (nSPS) is 12.3. The van der Waals surface area contributed by atoms with E-state index in [9.17, 15) is 13.2 Å². The Morgan fingerprint density at radius 3 is 1.94 bits per heavy atom. The van der Waals surface area contributed by atoms with E-state index in [1.807, 2.05) is 30.3 Å². The van der Waals surface area contributed by atoms with Crippen molar-refractivity contribution >= 4 is 22.1 Å². The lowest BCUT2D eigenvalue weighted by Crippen LogP contribution is -2.28. The summed E-state index contributed by atoms with van der Waals surface area (Å²) in [5, 5.41) is 2.52. The number of ether oxygens (including phenoxy) is 1. The van der Waals surface area contributed by atoms with Gasteiger partial charge in [0.1, 0.15) is 5.75 Å². The fourth-order valence-electron chi connectivity index (χ4n) is 4.05. The number of benzene rings is 1. The molecular formula is C28H47NO5S. The van der Waals surface area contributed by atoms with E-state index in [4.69, 9.17) is 9.29 Å². The van der Waals surface area contributed by atoms with Crippen LogP contribution in [-0.4, -0.2) is 37.3 Å². The van der Waals surface area contributed by atoms with Crippen LogP contribution in [0.1, 0.15) is 109 Å². The minimum absolute atomic E-state index is 0.0308. The lowest BCUT2D eigenvalue weighted by Gasteiger charge is -2.17. The highest BCUT2D eigenvalue weighted by atomic mass is 32.2. The average Bonchev–Trinajstić information content (AvgIpc) is 2.83. The van der Waals surface area contributed by atoms with Gasteiger partial charge in [0.25, 0.3) is 10.1 Å². The third-order valence-corrected chi connectivity index (χ3v) is 6.96. The fourth-order valence-corrected chi connectivity index (χ4v) is 4.41. The maximum absolute atomic E-state index is 11.6. The summed E-state index contributed by atoms with van der Waals surface area (Å²) in [4.78, 5) is 11.6. The second kappa shape index (κ2) is 19.3. The molecule has 2 N–H and O–H groups in total. The maximum Gasteiger partial charge on any atom is 0.266 e. The largest absolute Gasteiger partial charge is 0.490 e. The van der Waals surface area contributed by atoms with Crippen LogP contribution in [0, 0.1) is 0 Å². The molecule has 0 bridgehead atoms. The summed E-state index contributed by atoms with van der Waals surface area (Å²) in [5.74, 6) is 0.367. The van der Waals surface area contributed by atoms with E-state index in [2.05, 4.69) is 18.8 Å². The number of unbranched alkanes of at least 4 members (excludes halogenated alkanes) is 11. The second-order valence-electron chi connectivity index (χ2n) is 9.34. The number of carbonyl (C=O) groups excluding carboxylic acids is 1. The topological polar surface area (TPSA) is 92.7 Å². The summed E-state index contributed by atoms with van der Waals surface area (Å²) in [5.41, 5.74) is 1.11. The van der Waals surface area contributed by atoms with Gasteiger partial charge in [0.05, 0.1) is 11.9 Å². The predicted molar refractivity (Wildman–Crippen MR) is 145 cm³/mol. The van der Waals surface area contributed by atoms with Crippen molar-refractivity contribution in [2.24, 2.45) is 0 Å². The number of rotatable bonds is 22. The monoisotopic (exact) mass is 509 g/mol. The lowest BCUT2D eigenvalue weighted by atomic mass is 10.0. The number of hydrogen-bond donors (Lipinski definition) is 2. The molecule has 1 unspecified atom stereocenters. The molecule has 0 aliphatic carbocycles. The molecule has 200 valence electrons. The molecule has 0 aliphatic rings. The summed E-state index contributed by atoms with van der Waals surface area (Å²) in [6.45, 7) is 5.94. The Hall–Kier alpha value is -1.86. The van der Waals surface area contributed by atoms with E-state index in [1.54, 1.807) is 0 Å². The van der Waals surface area contributed by atoms with Crippen molar-refractivity contribution in [2.45, 2.75) is 109 Å². The average molecular weight is 510 g/mol. The number of amides is 1. The van der Waals surface area contributed by atoms with E-state index in [0.29, 0.717) is 12.5 Å². The highest BCUT2D eigenvalue weighted by Crippen LogP contribution is 2.19. The molecule has 0 aromatic heterocycles. The second-order valence-corrected chi connectivity index (χ2v) is 10.9. The van der Waals surface area contributed by atoms with Crippen molar-refractivity contribution in [3.63, 3.8) is 0 Å². The summed E-state index contributed by atoms with van der Waals surface area (Å²) in [6.07, 6.45) is 19.2. The van der Waals surface area contributed by atoms with Gasteiger partial charge < -0.3 is 10.1 Å². The van der Waals surface area contributed by atoms with Gasteiger partial charge in [-0.05, 0) is 43.4 Å². The Bertz CT molecular complexity index is 792. The van der Waals surface area contributed by atoms with Crippen molar-refractivity contribution in [2.75, 3.05) is 12.3 Å². The Balaban J connectivity index is 1.88. The first-order chi connectivity index (χ1) is 16.8. The van der Waals surface area contributed by atoms with Crippen molar-refractivity contribution < 1.29 is 22.5 Å². The van der Waals surface area contributed by atoms with E-state index in [0.717, 1.165) is 43.4 Å². The molecule has 0 fully saturated rings. The quantitative estimate of drug-likeness (QED) is 0.130. The Labute approximate surface area is 213 Å². The van der Waals surface area contributed by atoms with Crippen molar-refractivity contribution in [1.29, 1.82) is 0 Å². The lowest BCUT2D eigenvalue weighted by molar-refractivity contribution is -0.121. The van der Waals surface area contributed by atoms with E-state index in [-0.39, 0.29) is 12.5 Å². The number of hydrogen-bond acceptors (Lipinski definition) is 4. The molecule has 0 aliphatic heterocycles. The standard InChI is InChI=1S/C28H47NO5S/c1-3-25-19-21-27(22-20-25)34-26(4-2)17-15-13-11-9-7-5-6-8-10-12-14-16-18-28(30)29-23-24-35(31,32)33/h3,19-22,26H,1,4-18,23-24H2,2H3,(H,29,30)(H,31,32,33). The van der Waals surface area contributed by atoms with Crippen LogP contribution >= 0.6 is 0 Å². The van der Waals surface area contributed by atoms with Crippen molar-refractivity contribution in [3.8, 4) is 5.75 Å². The van der Waals surface area contributed by atoms with Crippen molar-refractivity contribution in [1.82, 2.24) is 5.32 Å². The molecule has 1 aromatic rings. The molecule has 1 rings (SSSR count). The van der Waals surface area contributed by atoms with Crippen LogP contribution in [0.15, 0.2) is 30.8 Å². The Morgan fingerprint density at radius 2 is 1.46 bits per heavy atom. The van der Waals surface area contributed by atoms with Gasteiger partial charge in [0.15, 0.2) is 0 Å². The molecule has 35 heavy (non-hydrogen) atoms. The minimum atomic E-state index is -4.01. The van der Waals surface area contributed by atoms with Crippen molar-refractivity contribution in [3.05, 3.63) is 36.4 Å². The molecule has 0 saturated heterocycles. The molecule has 1 aromatic carbocycles. The van der Waals surface area contributed by atoms with E-state index >= 15 is 0 Å². The molecule has 0 heterocycles. The highest BCUT2D eigenvalue weighted by molar-refractivity contribution is 7.85. The SMILES string of the molecule is C=Cc1ccc(OC(CC)CCCCCCCCCCCCCCC(=O)NCCS(=O)(=O)O)cc1. The van der Waals surface area contributed by atoms with Crippen LogP contribution in [0.25, 0.3) is 6.08 Å². The van der Waals surface area contributed by atoms with Gasteiger partial charge in [-0.3, -0.25) is 9.35 Å².